The van der Waals surface area contributed by atoms with Gasteiger partial charge in [0.1, 0.15) is 0 Å². The van der Waals surface area contributed by atoms with E-state index in [0.717, 1.165) is 39.0 Å². The summed E-state index contributed by atoms with van der Waals surface area (Å²) in [6.45, 7) is 6.13. The van der Waals surface area contributed by atoms with E-state index in [4.69, 9.17) is 14.2 Å². The Morgan fingerprint density at radius 2 is 2.32 bits per heavy atom. The fourth-order valence-electron chi connectivity index (χ4n) is 3.08. The molecular weight excluding hydrogens is 246 g/mol. The Balaban J connectivity index is 1.84. The third kappa shape index (κ3) is 3.89. The number of methoxy groups -OCH3 is 1. The molecule has 2 aliphatic heterocycles. The van der Waals surface area contributed by atoms with Crippen LogP contribution in [0.5, 0.6) is 0 Å². The van der Waals surface area contributed by atoms with Gasteiger partial charge in [0.05, 0.1) is 24.4 Å². The number of rotatable bonds is 6. The number of hydrogen-bond acceptors (Lipinski definition) is 5. The Hall–Kier alpha value is -0.200. The Morgan fingerprint density at radius 1 is 1.47 bits per heavy atom. The zero-order valence-corrected chi connectivity index (χ0v) is 12.1. The van der Waals surface area contributed by atoms with Gasteiger partial charge >= 0.3 is 0 Å². The maximum Gasteiger partial charge on any atom is 0.0940 e. The highest BCUT2D eigenvalue weighted by Crippen LogP contribution is 2.39. The highest BCUT2D eigenvalue weighted by Gasteiger charge is 2.45. The molecule has 0 bridgehead atoms. The molecule has 0 aliphatic carbocycles. The molecule has 5 heteroatoms. The summed E-state index contributed by atoms with van der Waals surface area (Å²) in [6, 6.07) is 0. The van der Waals surface area contributed by atoms with Crippen LogP contribution in [0.3, 0.4) is 0 Å². The molecule has 0 amide bonds. The topological polar surface area (TPSA) is 60.0 Å². The highest BCUT2D eigenvalue weighted by atomic mass is 16.6. The first-order valence-electron chi connectivity index (χ1n) is 7.22. The molecule has 3 unspecified atom stereocenters. The lowest BCUT2D eigenvalue weighted by Gasteiger charge is -2.43. The highest BCUT2D eigenvalue weighted by molar-refractivity contribution is 4.96. The van der Waals surface area contributed by atoms with Crippen molar-refractivity contribution in [2.45, 2.75) is 37.4 Å². The molecule has 2 heterocycles. The van der Waals surface area contributed by atoms with Gasteiger partial charge in [-0.2, -0.15) is 0 Å². The van der Waals surface area contributed by atoms with Crippen molar-refractivity contribution in [3.05, 3.63) is 0 Å². The summed E-state index contributed by atoms with van der Waals surface area (Å²) in [4.78, 5) is 0. The molecule has 112 valence electrons. The van der Waals surface area contributed by atoms with Gasteiger partial charge in [0.2, 0.25) is 0 Å². The minimum Gasteiger partial charge on any atom is -0.389 e. The van der Waals surface area contributed by atoms with E-state index in [1.54, 1.807) is 7.11 Å². The van der Waals surface area contributed by atoms with Gasteiger partial charge in [0.15, 0.2) is 0 Å². The largest absolute Gasteiger partial charge is 0.389 e. The lowest BCUT2D eigenvalue weighted by atomic mass is 9.76. The molecule has 0 saturated carbocycles. The SMILES string of the molecule is COCCNCC(C)(O)C1CCOC2(CCOC2)C1. The fourth-order valence-corrected chi connectivity index (χ4v) is 3.08. The van der Waals surface area contributed by atoms with Crippen LogP contribution in [0.1, 0.15) is 26.2 Å². The van der Waals surface area contributed by atoms with Crippen molar-refractivity contribution in [2.75, 3.05) is 46.6 Å². The molecule has 2 saturated heterocycles. The van der Waals surface area contributed by atoms with E-state index in [9.17, 15) is 5.11 Å². The average molecular weight is 273 g/mol. The van der Waals surface area contributed by atoms with Crippen molar-refractivity contribution in [2.24, 2.45) is 5.92 Å². The molecule has 2 aliphatic rings. The first-order valence-corrected chi connectivity index (χ1v) is 7.22. The summed E-state index contributed by atoms with van der Waals surface area (Å²) >= 11 is 0. The number of hydrogen-bond donors (Lipinski definition) is 2. The van der Waals surface area contributed by atoms with Crippen LogP contribution >= 0.6 is 0 Å². The van der Waals surface area contributed by atoms with Crippen LogP contribution < -0.4 is 5.32 Å². The van der Waals surface area contributed by atoms with Crippen LogP contribution in [0, 0.1) is 5.92 Å². The van der Waals surface area contributed by atoms with Gasteiger partial charge in [-0.15, -0.1) is 0 Å². The van der Waals surface area contributed by atoms with E-state index >= 15 is 0 Å². The lowest BCUT2D eigenvalue weighted by Crippen LogP contribution is -2.51. The second kappa shape index (κ2) is 6.50. The van der Waals surface area contributed by atoms with Crippen molar-refractivity contribution in [3.63, 3.8) is 0 Å². The smallest absolute Gasteiger partial charge is 0.0940 e. The maximum atomic E-state index is 10.7. The lowest BCUT2D eigenvalue weighted by molar-refractivity contribution is -0.137. The summed E-state index contributed by atoms with van der Waals surface area (Å²) in [7, 11) is 1.68. The molecule has 3 atom stereocenters. The van der Waals surface area contributed by atoms with Crippen LogP contribution in [0.4, 0.5) is 0 Å². The third-order valence-corrected chi connectivity index (χ3v) is 4.41. The molecule has 0 aromatic heterocycles. The quantitative estimate of drug-likeness (QED) is 0.693. The fraction of sp³-hybridized carbons (Fsp3) is 1.00. The Kier molecular flexibility index (Phi) is 5.20. The summed E-state index contributed by atoms with van der Waals surface area (Å²) in [6.07, 6.45) is 2.77. The molecule has 2 N–H and O–H groups in total. The minimum atomic E-state index is -0.701. The van der Waals surface area contributed by atoms with E-state index in [1.807, 2.05) is 6.92 Å². The van der Waals surface area contributed by atoms with Gasteiger partial charge in [-0.1, -0.05) is 0 Å². The number of aliphatic hydroxyl groups is 1. The molecular formula is C14H27NO4. The second-order valence-corrected chi connectivity index (χ2v) is 6.05. The van der Waals surface area contributed by atoms with Crippen LogP contribution in [0.15, 0.2) is 0 Å². The molecule has 1 spiro atoms. The van der Waals surface area contributed by atoms with Gasteiger partial charge in [-0.05, 0) is 25.7 Å². The van der Waals surface area contributed by atoms with Gasteiger partial charge < -0.3 is 24.6 Å². The second-order valence-electron chi connectivity index (χ2n) is 6.05. The Bertz CT molecular complexity index is 277. The average Bonchev–Trinajstić information content (AvgIpc) is 2.83. The van der Waals surface area contributed by atoms with Crippen molar-refractivity contribution in [1.29, 1.82) is 0 Å². The standard InChI is InChI=1S/C14H27NO4/c1-13(16,10-15-5-8-17-2)12-3-6-19-14(9-12)4-7-18-11-14/h12,15-16H,3-11H2,1-2H3. The molecule has 0 radical (unpaired) electrons. The predicted molar refractivity (Wildman–Crippen MR) is 72.2 cm³/mol. The van der Waals surface area contributed by atoms with Gasteiger partial charge in [-0.3, -0.25) is 0 Å². The molecule has 2 rings (SSSR count). The zero-order chi connectivity index (χ0) is 13.8. The van der Waals surface area contributed by atoms with E-state index in [2.05, 4.69) is 5.32 Å². The number of nitrogens with one attached hydrogen (secondary N) is 1. The van der Waals surface area contributed by atoms with E-state index in [1.165, 1.54) is 0 Å². The van der Waals surface area contributed by atoms with Crippen molar-refractivity contribution in [3.8, 4) is 0 Å². The minimum absolute atomic E-state index is 0.139. The van der Waals surface area contributed by atoms with E-state index in [-0.39, 0.29) is 11.5 Å². The molecule has 5 nitrogen and oxygen atoms in total. The Labute approximate surface area is 115 Å². The van der Waals surface area contributed by atoms with E-state index < -0.39 is 5.60 Å². The molecule has 0 aromatic carbocycles. The van der Waals surface area contributed by atoms with Gasteiger partial charge in [0.25, 0.3) is 0 Å². The van der Waals surface area contributed by atoms with Crippen molar-refractivity contribution < 1.29 is 19.3 Å². The van der Waals surface area contributed by atoms with Crippen LogP contribution in [0.2, 0.25) is 0 Å². The van der Waals surface area contributed by atoms with Crippen LogP contribution in [0.25, 0.3) is 0 Å². The van der Waals surface area contributed by atoms with Gasteiger partial charge in [0, 0.05) is 39.8 Å². The first-order chi connectivity index (χ1) is 9.08. The summed E-state index contributed by atoms with van der Waals surface area (Å²) < 4.78 is 16.4. The molecule has 19 heavy (non-hydrogen) atoms. The van der Waals surface area contributed by atoms with Crippen LogP contribution in [-0.2, 0) is 14.2 Å². The summed E-state index contributed by atoms with van der Waals surface area (Å²) in [5.41, 5.74) is -0.841. The zero-order valence-electron chi connectivity index (χ0n) is 12.1. The normalized spacial score (nSPS) is 34.6. The number of ether oxygens (including phenoxy) is 3. The predicted octanol–water partition coefficient (Wildman–Crippen LogP) is 0.559. The molecule has 2 fully saturated rings. The first kappa shape index (κ1) is 15.2. The third-order valence-electron chi connectivity index (χ3n) is 4.41. The van der Waals surface area contributed by atoms with Gasteiger partial charge in [-0.25, -0.2) is 0 Å². The van der Waals surface area contributed by atoms with Crippen molar-refractivity contribution in [1.82, 2.24) is 5.32 Å². The van der Waals surface area contributed by atoms with Crippen LogP contribution in [-0.4, -0.2) is 62.9 Å². The maximum absolute atomic E-state index is 10.7. The van der Waals surface area contributed by atoms with E-state index in [0.29, 0.717) is 19.8 Å². The Morgan fingerprint density at radius 3 is 3.00 bits per heavy atom. The summed E-state index contributed by atoms with van der Waals surface area (Å²) in [5.74, 6) is 0.262. The molecule has 0 aromatic rings. The van der Waals surface area contributed by atoms with Crippen molar-refractivity contribution >= 4 is 0 Å². The summed E-state index contributed by atoms with van der Waals surface area (Å²) in [5, 5.41) is 13.9. The monoisotopic (exact) mass is 273 g/mol.